The minimum absolute atomic E-state index is 0.0548. The van der Waals surface area contributed by atoms with Crippen molar-refractivity contribution in [1.82, 2.24) is 5.32 Å². The lowest BCUT2D eigenvalue weighted by Crippen LogP contribution is -2.31. The van der Waals surface area contributed by atoms with Crippen LogP contribution in [0.3, 0.4) is 0 Å². The van der Waals surface area contributed by atoms with Crippen LogP contribution in [-0.4, -0.2) is 29.7 Å². The summed E-state index contributed by atoms with van der Waals surface area (Å²) < 4.78 is 0. The van der Waals surface area contributed by atoms with Crippen molar-refractivity contribution in [3.8, 4) is 0 Å². The van der Waals surface area contributed by atoms with Crippen LogP contribution in [0.1, 0.15) is 32.3 Å². The number of nitrogens with two attached hydrogens (primary N) is 1. The molecule has 1 amide bonds. The monoisotopic (exact) mass is 278 g/mol. The summed E-state index contributed by atoms with van der Waals surface area (Å²) in [5, 5.41) is 11.9. The number of rotatable bonds is 5. The molecule has 1 saturated heterocycles. The third kappa shape index (κ3) is 4.94. The average Bonchev–Trinajstić information content (AvgIpc) is 2.82. The van der Waals surface area contributed by atoms with Gasteiger partial charge in [-0.1, -0.05) is 44.2 Å². The summed E-state index contributed by atoms with van der Waals surface area (Å²) in [6, 6.07) is 10.0. The fourth-order valence-electron chi connectivity index (χ4n) is 2.50. The minimum Gasteiger partial charge on any atom is -0.395 e. The molecular formula is C16H26N2O2. The molecule has 3 unspecified atom stereocenters. The zero-order valence-electron chi connectivity index (χ0n) is 12.4. The van der Waals surface area contributed by atoms with Gasteiger partial charge in [-0.15, -0.1) is 0 Å². The van der Waals surface area contributed by atoms with Crippen LogP contribution in [0.25, 0.3) is 0 Å². The normalized spacial score (nSPS) is 22.7. The van der Waals surface area contributed by atoms with Gasteiger partial charge in [0.2, 0.25) is 5.91 Å². The fraction of sp³-hybridized carbons (Fsp3) is 0.562. The molecule has 4 heteroatoms. The summed E-state index contributed by atoms with van der Waals surface area (Å²) in [4.78, 5) is 11.8. The highest BCUT2D eigenvalue weighted by Crippen LogP contribution is 2.22. The van der Waals surface area contributed by atoms with Gasteiger partial charge in [0.1, 0.15) is 0 Å². The molecule has 1 heterocycles. The quantitative estimate of drug-likeness (QED) is 0.763. The van der Waals surface area contributed by atoms with Crippen LogP contribution in [0, 0.1) is 5.92 Å². The van der Waals surface area contributed by atoms with Crippen molar-refractivity contribution < 1.29 is 9.90 Å². The van der Waals surface area contributed by atoms with E-state index in [2.05, 4.69) is 17.4 Å². The maximum atomic E-state index is 11.8. The van der Waals surface area contributed by atoms with Crippen molar-refractivity contribution in [2.45, 2.75) is 45.2 Å². The zero-order valence-corrected chi connectivity index (χ0v) is 12.4. The van der Waals surface area contributed by atoms with E-state index in [4.69, 9.17) is 10.8 Å². The van der Waals surface area contributed by atoms with Gasteiger partial charge in [-0.05, 0) is 24.8 Å². The standard InChI is InChI=1S/C14H20N2O2.C2H6/c15-12(9-17)7-11-8-13(16-14(11)18)6-10-4-2-1-3-5-10;1-2/h1-5,11-13,17H,6-9,15H2,(H,16,18);1-2H3. The van der Waals surface area contributed by atoms with E-state index >= 15 is 0 Å². The van der Waals surface area contributed by atoms with Crippen molar-refractivity contribution in [3.63, 3.8) is 0 Å². The SMILES string of the molecule is CC.NC(CO)CC1CC(Cc2ccccc2)NC1=O. The van der Waals surface area contributed by atoms with Gasteiger partial charge in [0.25, 0.3) is 0 Å². The van der Waals surface area contributed by atoms with Crippen molar-refractivity contribution in [3.05, 3.63) is 35.9 Å². The van der Waals surface area contributed by atoms with E-state index in [0.29, 0.717) is 6.42 Å². The Labute approximate surface area is 121 Å². The molecule has 20 heavy (non-hydrogen) atoms. The lowest BCUT2D eigenvalue weighted by Gasteiger charge is -2.12. The van der Waals surface area contributed by atoms with Crippen LogP contribution in [0.15, 0.2) is 30.3 Å². The summed E-state index contributed by atoms with van der Waals surface area (Å²) in [7, 11) is 0. The average molecular weight is 278 g/mol. The molecule has 0 radical (unpaired) electrons. The molecule has 0 aromatic heterocycles. The van der Waals surface area contributed by atoms with Gasteiger partial charge in [-0.3, -0.25) is 4.79 Å². The number of benzene rings is 1. The Kier molecular flexibility index (Phi) is 7.26. The molecule has 1 aromatic rings. The third-order valence-electron chi connectivity index (χ3n) is 3.43. The molecule has 1 aliphatic heterocycles. The van der Waals surface area contributed by atoms with Gasteiger partial charge in [0.15, 0.2) is 0 Å². The zero-order chi connectivity index (χ0) is 15.0. The van der Waals surface area contributed by atoms with Gasteiger partial charge in [0, 0.05) is 18.0 Å². The first kappa shape index (κ1) is 16.7. The summed E-state index contributed by atoms with van der Waals surface area (Å²) >= 11 is 0. The summed E-state index contributed by atoms with van der Waals surface area (Å²) in [6.07, 6.45) is 2.23. The number of aliphatic hydroxyl groups is 1. The predicted octanol–water partition coefficient (Wildman–Crippen LogP) is 1.47. The number of aliphatic hydroxyl groups excluding tert-OH is 1. The number of amides is 1. The first-order valence-electron chi connectivity index (χ1n) is 7.39. The Morgan fingerprint density at radius 1 is 1.35 bits per heavy atom. The Balaban J connectivity index is 0.000000956. The second-order valence-electron chi connectivity index (χ2n) is 5.01. The van der Waals surface area contributed by atoms with Crippen molar-refractivity contribution in [1.29, 1.82) is 0 Å². The van der Waals surface area contributed by atoms with Gasteiger partial charge in [0.05, 0.1) is 6.61 Å². The molecule has 1 fully saturated rings. The highest BCUT2D eigenvalue weighted by Gasteiger charge is 2.32. The van der Waals surface area contributed by atoms with Crippen LogP contribution in [-0.2, 0) is 11.2 Å². The van der Waals surface area contributed by atoms with Crippen LogP contribution in [0.2, 0.25) is 0 Å². The molecule has 2 rings (SSSR count). The lowest BCUT2D eigenvalue weighted by atomic mass is 9.95. The smallest absolute Gasteiger partial charge is 0.223 e. The van der Waals surface area contributed by atoms with Gasteiger partial charge >= 0.3 is 0 Å². The Hall–Kier alpha value is -1.39. The second-order valence-corrected chi connectivity index (χ2v) is 5.01. The topological polar surface area (TPSA) is 75.3 Å². The second kappa shape index (κ2) is 8.72. The van der Waals surface area contributed by atoms with Crippen molar-refractivity contribution >= 4 is 5.91 Å². The van der Waals surface area contributed by atoms with Crippen LogP contribution in [0.5, 0.6) is 0 Å². The fourth-order valence-corrected chi connectivity index (χ4v) is 2.50. The Bertz CT molecular complexity index is 395. The van der Waals surface area contributed by atoms with Crippen molar-refractivity contribution in [2.75, 3.05) is 6.61 Å². The Morgan fingerprint density at radius 3 is 2.60 bits per heavy atom. The first-order valence-corrected chi connectivity index (χ1v) is 7.39. The molecular weight excluding hydrogens is 252 g/mol. The molecule has 112 valence electrons. The number of carbonyl (C=O) groups excluding carboxylic acids is 1. The Morgan fingerprint density at radius 2 is 2.00 bits per heavy atom. The minimum atomic E-state index is -0.295. The van der Waals surface area contributed by atoms with Crippen molar-refractivity contribution in [2.24, 2.45) is 11.7 Å². The molecule has 0 spiro atoms. The van der Waals surface area contributed by atoms with E-state index in [1.165, 1.54) is 5.56 Å². The number of nitrogens with one attached hydrogen (secondary N) is 1. The van der Waals surface area contributed by atoms with E-state index in [9.17, 15) is 4.79 Å². The van der Waals surface area contributed by atoms with Gasteiger partial charge in [-0.2, -0.15) is 0 Å². The summed E-state index contributed by atoms with van der Waals surface area (Å²) in [5.74, 6) is 0.0145. The summed E-state index contributed by atoms with van der Waals surface area (Å²) in [5.41, 5.74) is 6.91. The van der Waals surface area contributed by atoms with E-state index in [1.54, 1.807) is 0 Å². The third-order valence-corrected chi connectivity index (χ3v) is 3.43. The molecule has 0 aliphatic carbocycles. The van der Waals surface area contributed by atoms with Gasteiger partial charge < -0.3 is 16.2 Å². The van der Waals surface area contributed by atoms with Crippen LogP contribution >= 0.6 is 0 Å². The summed E-state index contributed by atoms with van der Waals surface area (Å²) in [6.45, 7) is 3.94. The first-order chi connectivity index (χ1) is 9.69. The molecule has 3 atom stereocenters. The maximum absolute atomic E-state index is 11.8. The van der Waals surface area contributed by atoms with Crippen LogP contribution < -0.4 is 11.1 Å². The van der Waals surface area contributed by atoms with E-state index in [1.807, 2.05) is 32.0 Å². The molecule has 0 saturated carbocycles. The molecule has 0 bridgehead atoms. The highest BCUT2D eigenvalue weighted by molar-refractivity contribution is 5.81. The number of carbonyl (C=O) groups is 1. The molecule has 1 aliphatic rings. The number of hydrogen-bond acceptors (Lipinski definition) is 3. The highest BCUT2D eigenvalue weighted by atomic mass is 16.3. The van der Waals surface area contributed by atoms with Crippen LogP contribution in [0.4, 0.5) is 0 Å². The molecule has 4 N–H and O–H groups in total. The molecule has 4 nitrogen and oxygen atoms in total. The van der Waals surface area contributed by atoms with Gasteiger partial charge in [-0.25, -0.2) is 0 Å². The lowest BCUT2D eigenvalue weighted by molar-refractivity contribution is -0.122. The number of hydrogen-bond donors (Lipinski definition) is 3. The largest absolute Gasteiger partial charge is 0.395 e. The predicted molar refractivity (Wildman–Crippen MR) is 81.2 cm³/mol. The van der Waals surface area contributed by atoms with E-state index < -0.39 is 0 Å². The van der Waals surface area contributed by atoms with E-state index in [-0.39, 0.29) is 30.5 Å². The maximum Gasteiger partial charge on any atom is 0.223 e. The molecule has 1 aromatic carbocycles. The van der Waals surface area contributed by atoms with E-state index in [0.717, 1.165) is 12.8 Å².